The van der Waals surface area contributed by atoms with Gasteiger partial charge < -0.3 is 42.8 Å². The number of likely N-dealkylation sites (N-methyl/N-ethyl adjacent to an activating group) is 1. The molecule has 1 unspecified atom stereocenters. The number of Topliss-reactive ketones (excluding diaryl/α,β-unsaturated/α-hetero) is 1. The van der Waals surface area contributed by atoms with E-state index in [1.165, 1.54) is 5.57 Å². The first kappa shape index (κ1) is 41.9. The predicted molar refractivity (Wildman–Crippen MR) is 203 cm³/mol. The van der Waals surface area contributed by atoms with Gasteiger partial charge in [0.15, 0.2) is 18.4 Å². The number of cyclic esters (lactones) is 1. The van der Waals surface area contributed by atoms with Crippen LogP contribution in [0, 0.1) is 35.5 Å². The number of ether oxygens (including phenoxy) is 8. The second kappa shape index (κ2) is 18.3. The van der Waals surface area contributed by atoms with E-state index in [9.17, 15) is 9.59 Å². The molecule has 0 radical (unpaired) electrons. The Morgan fingerprint density at radius 1 is 0.833 bits per heavy atom. The molecule has 0 aromatic heterocycles. The van der Waals surface area contributed by atoms with Crippen molar-refractivity contribution in [2.75, 3.05) is 34.9 Å². The highest BCUT2D eigenvalue weighted by atomic mass is 16.7. The van der Waals surface area contributed by atoms with Crippen LogP contribution in [0.3, 0.4) is 0 Å². The third-order valence-corrected chi connectivity index (χ3v) is 13.7. The molecule has 11 heteroatoms. The lowest BCUT2D eigenvalue weighted by Gasteiger charge is -2.44. The van der Waals surface area contributed by atoms with E-state index in [0.717, 1.165) is 50.5 Å². The maximum atomic E-state index is 14.8. The lowest BCUT2D eigenvalue weighted by atomic mass is 9.67. The minimum absolute atomic E-state index is 0.0361. The van der Waals surface area contributed by atoms with Gasteiger partial charge in [-0.25, -0.2) is 0 Å². The molecule has 0 aromatic rings. The molecule has 0 amide bonds. The van der Waals surface area contributed by atoms with Gasteiger partial charge in [0.25, 0.3) is 0 Å². The van der Waals surface area contributed by atoms with E-state index >= 15 is 0 Å². The summed E-state index contributed by atoms with van der Waals surface area (Å²) >= 11 is 0. The average Bonchev–Trinajstić information content (AvgIpc) is 3.71. The summed E-state index contributed by atoms with van der Waals surface area (Å²) in [7, 11) is 7.53. The maximum Gasteiger partial charge on any atom is 0.306 e. The van der Waals surface area contributed by atoms with Gasteiger partial charge in [-0.3, -0.25) is 9.59 Å². The van der Waals surface area contributed by atoms with Crippen LogP contribution in [-0.4, -0.2) is 119 Å². The van der Waals surface area contributed by atoms with Crippen LogP contribution in [-0.2, 0) is 47.5 Å². The van der Waals surface area contributed by atoms with Gasteiger partial charge >= 0.3 is 5.97 Å². The van der Waals surface area contributed by atoms with Crippen LogP contribution in [0.1, 0.15) is 99.3 Å². The minimum atomic E-state index is -0.597. The van der Waals surface area contributed by atoms with Crippen LogP contribution in [0.15, 0.2) is 23.3 Å². The van der Waals surface area contributed by atoms with Crippen molar-refractivity contribution in [1.29, 1.82) is 0 Å². The molecular weight excluding hydrogens is 690 g/mol. The van der Waals surface area contributed by atoms with Crippen molar-refractivity contribution >= 4 is 11.8 Å². The van der Waals surface area contributed by atoms with Gasteiger partial charge in [-0.1, -0.05) is 31.6 Å². The summed E-state index contributed by atoms with van der Waals surface area (Å²) in [6.45, 7) is 12.9. The molecule has 3 aliphatic heterocycles. The van der Waals surface area contributed by atoms with Crippen molar-refractivity contribution in [2.24, 2.45) is 35.5 Å². The molecule has 1 saturated carbocycles. The summed E-state index contributed by atoms with van der Waals surface area (Å²) in [4.78, 5) is 30.6. The number of nitrogens with zero attached hydrogens (tertiary/aromatic N) is 1. The number of allylic oxidation sites excluding steroid dienone is 4. The topological polar surface area (TPSA) is 111 Å². The van der Waals surface area contributed by atoms with E-state index in [2.05, 4.69) is 51.9 Å². The van der Waals surface area contributed by atoms with Gasteiger partial charge in [-0.05, 0) is 122 Å². The maximum absolute atomic E-state index is 14.8. The fraction of sp³-hybridized carbons (Fsp3) is 0.860. The summed E-state index contributed by atoms with van der Waals surface area (Å²) in [6, 6.07) is 0.337. The van der Waals surface area contributed by atoms with E-state index in [-0.39, 0.29) is 96.8 Å². The summed E-state index contributed by atoms with van der Waals surface area (Å²) in [6.07, 6.45) is 8.61. The van der Waals surface area contributed by atoms with E-state index in [0.29, 0.717) is 25.0 Å². The number of hydrogen-bond acceptors (Lipinski definition) is 11. The Bertz CT molecular complexity index is 1350. The summed E-state index contributed by atoms with van der Waals surface area (Å²) < 4.78 is 50.3. The van der Waals surface area contributed by atoms with Gasteiger partial charge in [0, 0.05) is 38.7 Å². The highest BCUT2D eigenvalue weighted by Crippen LogP contribution is 2.56. The van der Waals surface area contributed by atoms with Crippen molar-refractivity contribution in [1.82, 2.24) is 4.90 Å². The zero-order valence-corrected chi connectivity index (χ0v) is 34.6. The van der Waals surface area contributed by atoms with Crippen molar-refractivity contribution in [2.45, 2.75) is 167 Å². The smallest absolute Gasteiger partial charge is 0.306 e. The molecule has 0 N–H and O–H groups in total. The fourth-order valence-electron chi connectivity index (χ4n) is 10.9. The summed E-state index contributed by atoms with van der Waals surface area (Å²) in [5, 5.41) is 0. The highest BCUT2D eigenvalue weighted by Gasteiger charge is 2.54. The van der Waals surface area contributed by atoms with Crippen LogP contribution in [0.5, 0.6) is 0 Å². The van der Waals surface area contributed by atoms with Gasteiger partial charge in [0.1, 0.15) is 24.4 Å². The molecule has 0 spiro atoms. The lowest BCUT2D eigenvalue weighted by molar-refractivity contribution is -0.317. The molecule has 0 aromatic carbocycles. The molecule has 0 bridgehead atoms. The molecule has 306 valence electrons. The van der Waals surface area contributed by atoms with Crippen molar-refractivity contribution in [3.8, 4) is 0 Å². The highest BCUT2D eigenvalue weighted by molar-refractivity contribution is 5.99. The standard InChI is InChI=1S/C43H69NO10/c1-11-27-14-13-15-36(54-38-17-16-35(44(7)8)25(5)50-38)24(4)39(46)34-21-32-30(33(34)22-37(45)52-27)18-23(3)29-19-28(20-31(29)32)53-43-42(48-10)41(49-12-2)40(47-9)26(6)51-43/h18,21,24-33,35-36,38,40-43H,11-17,19-20,22H2,1-10H3/t24-,25-,26+,27+,28-,29+,30-,31-,32-,33+,35?,36+,38+,40+,41-,42-,43+/m1/s1. The van der Waals surface area contributed by atoms with E-state index < -0.39 is 12.4 Å². The van der Waals surface area contributed by atoms with E-state index in [1.807, 2.05) is 20.8 Å². The zero-order chi connectivity index (χ0) is 38.8. The average molecular weight is 760 g/mol. The molecule has 3 saturated heterocycles. The molecule has 54 heavy (non-hydrogen) atoms. The molecule has 6 rings (SSSR count). The SMILES string of the molecule is CCO[C@@H]1[C@@H](OC)[C@H](C)O[C@@H](O[C@H]2C[C@H]3[C@@H]4C=C5C(=O)[C@H](C)[C@@H](O[C@H]6CCC(N(C)C)[C@@H](C)O6)CCC[C@H](CC)OC(=O)C[C@H]5[C@@H]4C=C(C)[C@@H]3C2)[C@@H]1OC. The third-order valence-electron chi connectivity index (χ3n) is 13.7. The van der Waals surface area contributed by atoms with Crippen LogP contribution in [0.25, 0.3) is 0 Å². The second-order valence-electron chi connectivity index (χ2n) is 17.2. The van der Waals surface area contributed by atoms with E-state index in [1.54, 1.807) is 14.2 Å². The van der Waals surface area contributed by atoms with Crippen molar-refractivity contribution < 1.29 is 47.5 Å². The third kappa shape index (κ3) is 8.74. The van der Waals surface area contributed by atoms with Crippen LogP contribution >= 0.6 is 0 Å². The van der Waals surface area contributed by atoms with Crippen molar-refractivity contribution in [3.05, 3.63) is 23.3 Å². The number of rotatable bonds is 10. The summed E-state index contributed by atoms with van der Waals surface area (Å²) in [5.74, 6) is 0.00892. The first-order valence-corrected chi connectivity index (χ1v) is 21.0. The molecular formula is C43H69NO10. The lowest BCUT2D eigenvalue weighted by Crippen LogP contribution is -2.60. The minimum Gasteiger partial charge on any atom is -0.462 e. The van der Waals surface area contributed by atoms with Crippen LogP contribution in [0.2, 0.25) is 0 Å². The van der Waals surface area contributed by atoms with E-state index in [4.69, 9.17) is 37.9 Å². The Balaban J connectivity index is 1.23. The second-order valence-corrected chi connectivity index (χ2v) is 17.2. The first-order chi connectivity index (χ1) is 25.9. The number of carbonyl (C=O) groups is 2. The van der Waals surface area contributed by atoms with Gasteiger partial charge in [0.05, 0.1) is 30.8 Å². The van der Waals surface area contributed by atoms with Gasteiger partial charge in [-0.15, -0.1) is 0 Å². The number of carbonyl (C=O) groups excluding carboxylic acids is 2. The molecule has 3 aliphatic carbocycles. The van der Waals surface area contributed by atoms with Crippen LogP contribution in [0.4, 0.5) is 0 Å². The first-order valence-electron chi connectivity index (χ1n) is 21.0. The molecule has 3 heterocycles. The number of methoxy groups -OCH3 is 2. The summed E-state index contributed by atoms with van der Waals surface area (Å²) in [5.41, 5.74) is 2.08. The Morgan fingerprint density at radius 3 is 2.26 bits per heavy atom. The largest absolute Gasteiger partial charge is 0.462 e. The Hall–Kier alpha value is -1.70. The number of ketones is 1. The number of esters is 1. The number of hydrogen-bond donors (Lipinski definition) is 0. The Labute approximate surface area is 324 Å². The fourth-order valence-corrected chi connectivity index (χ4v) is 10.9. The Morgan fingerprint density at radius 2 is 1.59 bits per heavy atom. The van der Waals surface area contributed by atoms with Gasteiger partial charge in [0.2, 0.25) is 0 Å². The van der Waals surface area contributed by atoms with Gasteiger partial charge in [-0.2, -0.15) is 0 Å². The quantitative estimate of drug-likeness (QED) is 0.186. The predicted octanol–water partition coefficient (Wildman–Crippen LogP) is 6.27. The molecule has 6 aliphatic rings. The van der Waals surface area contributed by atoms with Crippen LogP contribution < -0.4 is 0 Å². The molecule has 17 atom stereocenters. The monoisotopic (exact) mass is 759 g/mol. The Kier molecular flexibility index (Phi) is 14.2. The zero-order valence-electron chi connectivity index (χ0n) is 34.6. The normalized spacial score (nSPS) is 44.7. The molecule has 4 fully saturated rings. The van der Waals surface area contributed by atoms with Crippen molar-refractivity contribution in [3.63, 3.8) is 0 Å². The molecule has 11 nitrogen and oxygen atoms in total. The number of fused-ring (bicyclic) bond motifs is 5.